The molecule has 0 radical (unpaired) electrons. The minimum Gasteiger partial charge on any atom is -0.443 e. The molecule has 7 heteroatoms. The Balaban J connectivity index is 1.73. The van der Waals surface area contributed by atoms with Gasteiger partial charge in [0.15, 0.2) is 5.17 Å². The first kappa shape index (κ1) is 18.7. The summed E-state index contributed by atoms with van der Waals surface area (Å²) in [6.07, 6.45) is 2.12. The van der Waals surface area contributed by atoms with Crippen molar-refractivity contribution in [3.63, 3.8) is 0 Å². The Labute approximate surface area is 150 Å². The van der Waals surface area contributed by atoms with E-state index in [-0.39, 0.29) is 18.4 Å². The minimum absolute atomic E-state index is 0.158. The number of amidine groups is 1. The van der Waals surface area contributed by atoms with Gasteiger partial charge >= 0.3 is 6.09 Å². The molecule has 130 valence electrons. The minimum atomic E-state index is -0.712. The van der Waals surface area contributed by atoms with E-state index in [2.05, 4.69) is 9.98 Å². The van der Waals surface area contributed by atoms with Crippen LogP contribution in [0.4, 0.5) is 4.79 Å². The Morgan fingerprint density at radius 2 is 1.60 bits per heavy atom. The van der Waals surface area contributed by atoms with Crippen molar-refractivity contribution >= 4 is 29.4 Å². The van der Waals surface area contributed by atoms with E-state index in [1.165, 1.54) is 11.8 Å². The molecule has 1 amide bonds. The first-order valence-corrected chi connectivity index (χ1v) is 8.68. The summed E-state index contributed by atoms with van der Waals surface area (Å²) in [7, 11) is 0. The Hall–Kier alpha value is -2.64. The molecule has 0 aromatic heterocycles. The van der Waals surface area contributed by atoms with Crippen LogP contribution in [0.1, 0.15) is 11.1 Å². The maximum Gasteiger partial charge on any atom is 0.436 e. The topological polar surface area (TPSA) is 69.5 Å². The van der Waals surface area contributed by atoms with Gasteiger partial charge in [0.05, 0.1) is 0 Å². The first-order chi connectivity index (χ1) is 12.3. The van der Waals surface area contributed by atoms with Gasteiger partial charge in [-0.05, 0) is 17.4 Å². The smallest absolute Gasteiger partial charge is 0.436 e. The standard InChI is InChI=1S/C18H18N2O4S/c1-25-17(19-14-24-23-13-16-10-6-3-7-11-16)20-18(21)22-12-15-8-4-2-5-9-15/h2-11,14H,12-13H2,1H3. The molecule has 6 nitrogen and oxygen atoms in total. The molecule has 0 spiro atoms. The zero-order chi connectivity index (χ0) is 17.7. The SMILES string of the molecule is CSC(N=COOCc1ccccc1)=NC(=O)OCc1ccccc1. The molecular weight excluding hydrogens is 340 g/mol. The maximum atomic E-state index is 11.7. The molecule has 2 aromatic rings. The fourth-order valence-corrected chi connectivity index (χ4v) is 2.04. The molecule has 0 aliphatic carbocycles. The number of ether oxygens (including phenoxy) is 1. The van der Waals surface area contributed by atoms with Crippen molar-refractivity contribution in [2.45, 2.75) is 13.2 Å². The van der Waals surface area contributed by atoms with E-state index in [0.717, 1.165) is 17.5 Å². The van der Waals surface area contributed by atoms with Gasteiger partial charge in [0.2, 0.25) is 6.40 Å². The fraction of sp³-hybridized carbons (Fsp3) is 0.167. The highest BCUT2D eigenvalue weighted by Gasteiger charge is 2.03. The lowest BCUT2D eigenvalue weighted by atomic mass is 10.2. The number of nitrogens with zero attached hydrogens (tertiary/aromatic N) is 2. The van der Waals surface area contributed by atoms with Gasteiger partial charge < -0.3 is 9.62 Å². The van der Waals surface area contributed by atoms with Crippen LogP contribution in [0.5, 0.6) is 0 Å². The lowest BCUT2D eigenvalue weighted by molar-refractivity contribution is -0.227. The van der Waals surface area contributed by atoms with Gasteiger partial charge in [0.1, 0.15) is 13.2 Å². The summed E-state index contributed by atoms with van der Waals surface area (Å²) < 4.78 is 5.06. The molecular formula is C18H18N2O4S. The van der Waals surface area contributed by atoms with Crippen LogP contribution in [0.15, 0.2) is 70.6 Å². The highest BCUT2D eigenvalue weighted by molar-refractivity contribution is 8.13. The summed E-state index contributed by atoms with van der Waals surface area (Å²) in [5.74, 6) is 0. The second-order valence-electron chi connectivity index (χ2n) is 4.72. The van der Waals surface area contributed by atoms with E-state index >= 15 is 0 Å². The van der Waals surface area contributed by atoms with Gasteiger partial charge in [0.25, 0.3) is 0 Å². The van der Waals surface area contributed by atoms with Gasteiger partial charge in [-0.2, -0.15) is 9.88 Å². The van der Waals surface area contributed by atoms with Crippen molar-refractivity contribution in [3.05, 3.63) is 71.8 Å². The average molecular weight is 358 g/mol. The van der Waals surface area contributed by atoms with E-state index < -0.39 is 6.09 Å². The predicted molar refractivity (Wildman–Crippen MR) is 98.4 cm³/mol. The Morgan fingerprint density at radius 3 is 2.20 bits per heavy atom. The van der Waals surface area contributed by atoms with Gasteiger partial charge in [-0.15, -0.1) is 4.99 Å². The summed E-state index contributed by atoms with van der Waals surface area (Å²) in [5.41, 5.74) is 1.86. The van der Waals surface area contributed by atoms with Crippen LogP contribution in [0.25, 0.3) is 0 Å². The zero-order valence-electron chi connectivity index (χ0n) is 13.7. The molecule has 0 aliphatic heterocycles. The normalized spacial score (nSPS) is 11.5. The van der Waals surface area contributed by atoms with Crippen molar-refractivity contribution in [1.82, 2.24) is 0 Å². The summed E-state index contributed by atoms with van der Waals surface area (Å²) >= 11 is 1.19. The van der Waals surface area contributed by atoms with E-state index in [4.69, 9.17) is 14.5 Å². The van der Waals surface area contributed by atoms with Crippen molar-refractivity contribution in [2.75, 3.05) is 6.26 Å². The van der Waals surface area contributed by atoms with E-state index in [9.17, 15) is 4.79 Å². The van der Waals surface area contributed by atoms with Crippen molar-refractivity contribution in [2.24, 2.45) is 9.98 Å². The quantitative estimate of drug-likeness (QED) is 0.254. The van der Waals surface area contributed by atoms with Crippen molar-refractivity contribution in [1.29, 1.82) is 0 Å². The zero-order valence-corrected chi connectivity index (χ0v) is 14.5. The number of thioether (sulfide) groups is 1. The first-order valence-electron chi connectivity index (χ1n) is 7.46. The number of hydrogen-bond donors (Lipinski definition) is 0. The number of hydrogen-bond acceptors (Lipinski definition) is 5. The Morgan fingerprint density at radius 1 is 1.00 bits per heavy atom. The van der Waals surface area contributed by atoms with Crippen LogP contribution in [-0.2, 0) is 27.7 Å². The second-order valence-corrected chi connectivity index (χ2v) is 5.49. The highest BCUT2D eigenvalue weighted by atomic mass is 32.2. The molecule has 0 unspecified atom stereocenters. The third-order valence-corrected chi connectivity index (χ3v) is 3.48. The van der Waals surface area contributed by atoms with Crippen LogP contribution in [0.3, 0.4) is 0 Å². The largest absolute Gasteiger partial charge is 0.443 e. The summed E-state index contributed by atoms with van der Waals surface area (Å²) in [4.78, 5) is 29.2. The summed E-state index contributed by atoms with van der Waals surface area (Å²) in [6, 6.07) is 18.9. The average Bonchev–Trinajstić information content (AvgIpc) is 2.67. The number of amides is 1. The number of benzene rings is 2. The third kappa shape index (κ3) is 7.65. The molecule has 0 heterocycles. The Kier molecular flexibility index (Phi) is 8.23. The molecule has 0 N–H and O–H groups in total. The molecule has 2 rings (SSSR count). The lowest BCUT2D eigenvalue weighted by Gasteiger charge is -2.02. The van der Waals surface area contributed by atoms with Crippen LogP contribution in [0, 0.1) is 0 Å². The molecule has 2 aromatic carbocycles. The van der Waals surface area contributed by atoms with E-state index in [1.54, 1.807) is 6.26 Å². The predicted octanol–water partition coefficient (Wildman–Crippen LogP) is 4.22. The molecule has 0 aliphatic rings. The monoisotopic (exact) mass is 358 g/mol. The number of aliphatic imine (C=N–C) groups is 2. The number of carbonyl (C=O) groups is 1. The van der Waals surface area contributed by atoms with Crippen LogP contribution < -0.4 is 0 Å². The second kappa shape index (κ2) is 11.0. The molecule has 0 atom stereocenters. The van der Waals surface area contributed by atoms with Gasteiger partial charge in [-0.3, -0.25) is 0 Å². The third-order valence-electron chi connectivity index (χ3n) is 2.92. The lowest BCUT2D eigenvalue weighted by Crippen LogP contribution is -2.02. The molecule has 0 saturated carbocycles. The van der Waals surface area contributed by atoms with Gasteiger partial charge in [-0.1, -0.05) is 72.4 Å². The molecule has 25 heavy (non-hydrogen) atoms. The number of rotatable bonds is 6. The fourth-order valence-electron chi connectivity index (χ4n) is 1.73. The summed E-state index contributed by atoms with van der Waals surface area (Å²) in [5, 5.41) is 0.210. The van der Waals surface area contributed by atoms with Crippen LogP contribution >= 0.6 is 11.8 Å². The molecule has 0 fully saturated rings. The van der Waals surface area contributed by atoms with Crippen LogP contribution in [0.2, 0.25) is 0 Å². The molecule has 0 bridgehead atoms. The van der Waals surface area contributed by atoms with E-state index in [1.807, 2.05) is 60.7 Å². The van der Waals surface area contributed by atoms with Crippen LogP contribution in [-0.4, -0.2) is 23.9 Å². The maximum absolute atomic E-state index is 11.7. The van der Waals surface area contributed by atoms with E-state index in [0.29, 0.717) is 0 Å². The summed E-state index contributed by atoms with van der Waals surface area (Å²) in [6.45, 7) is 0.447. The van der Waals surface area contributed by atoms with Crippen molar-refractivity contribution < 1.29 is 19.3 Å². The Bertz CT molecular complexity index is 706. The molecule has 0 saturated heterocycles. The highest BCUT2D eigenvalue weighted by Crippen LogP contribution is 2.05. The number of carbonyl (C=O) groups excluding carboxylic acids is 1. The van der Waals surface area contributed by atoms with Gasteiger partial charge in [-0.25, -0.2) is 4.79 Å². The van der Waals surface area contributed by atoms with Gasteiger partial charge in [0, 0.05) is 0 Å². The van der Waals surface area contributed by atoms with Crippen molar-refractivity contribution in [3.8, 4) is 0 Å².